The van der Waals surface area contributed by atoms with Gasteiger partial charge in [0.2, 0.25) is 11.8 Å². The Morgan fingerprint density at radius 2 is 1.88 bits per heavy atom. The fourth-order valence-electron chi connectivity index (χ4n) is 3.19. The van der Waals surface area contributed by atoms with E-state index in [9.17, 15) is 0 Å². The van der Waals surface area contributed by atoms with Crippen LogP contribution < -0.4 is 0 Å². The summed E-state index contributed by atoms with van der Waals surface area (Å²) >= 11 is 0. The molecule has 1 saturated carbocycles. The molecular weight excluding hydrogens is 306 g/mol. The van der Waals surface area contributed by atoms with Crippen LogP contribution in [0.3, 0.4) is 0 Å². The Bertz CT molecular complexity index is 678. The van der Waals surface area contributed by atoms with Crippen molar-refractivity contribution in [3.63, 3.8) is 0 Å². The van der Waals surface area contributed by atoms with Gasteiger partial charge in [-0.1, -0.05) is 5.16 Å². The standard InChI is InChI=1S/C17H25N5O2/c1-11-13(3)23-15(18-11)10-21-6-8-22(9-7-21)12(2)17-19-16(20-24-17)14-4-5-14/h12,14H,4-10H2,1-3H3/t12-/m0/s1. The van der Waals surface area contributed by atoms with Crippen LogP contribution in [-0.4, -0.2) is 51.1 Å². The van der Waals surface area contributed by atoms with E-state index in [1.54, 1.807) is 0 Å². The summed E-state index contributed by atoms with van der Waals surface area (Å²) in [4.78, 5) is 13.9. The second-order valence-corrected chi connectivity index (χ2v) is 7.00. The van der Waals surface area contributed by atoms with Crippen LogP contribution in [0.2, 0.25) is 0 Å². The number of hydrogen-bond donors (Lipinski definition) is 0. The van der Waals surface area contributed by atoms with Crippen LogP contribution in [0.15, 0.2) is 8.94 Å². The van der Waals surface area contributed by atoms with Crippen LogP contribution in [-0.2, 0) is 6.54 Å². The van der Waals surface area contributed by atoms with Crippen LogP contribution in [0.5, 0.6) is 0 Å². The molecule has 2 aromatic rings. The molecule has 2 aromatic heterocycles. The van der Waals surface area contributed by atoms with E-state index in [4.69, 9.17) is 8.94 Å². The predicted molar refractivity (Wildman–Crippen MR) is 87.5 cm³/mol. The van der Waals surface area contributed by atoms with Crippen molar-refractivity contribution in [2.75, 3.05) is 26.2 Å². The molecule has 0 spiro atoms. The van der Waals surface area contributed by atoms with Crippen molar-refractivity contribution in [3.05, 3.63) is 29.1 Å². The third kappa shape index (κ3) is 3.23. The number of aryl methyl sites for hydroxylation is 2. The van der Waals surface area contributed by atoms with E-state index in [1.165, 1.54) is 12.8 Å². The molecule has 1 saturated heterocycles. The molecule has 3 heterocycles. The fraction of sp³-hybridized carbons (Fsp3) is 0.706. The van der Waals surface area contributed by atoms with E-state index in [1.807, 2.05) is 13.8 Å². The highest BCUT2D eigenvalue weighted by Gasteiger charge is 2.31. The molecular formula is C17H25N5O2. The van der Waals surface area contributed by atoms with E-state index in [2.05, 4.69) is 31.8 Å². The summed E-state index contributed by atoms with van der Waals surface area (Å²) in [6.45, 7) is 10.8. The lowest BCUT2D eigenvalue weighted by atomic mass is 10.2. The summed E-state index contributed by atoms with van der Waals surface area (Å²) < 4.78 is 11.2. The number of piperazine rings is 1. The van der Waals surface area contributed by atoms with Gasteiger partial charge in [-0.25, -0.2) is 4.98 Å². The van der Waals surface area contributed by atoms with Crippen molar-refractivity contribution in [3.8, 4) is 0 Å². The van der Waals surface area contributed by atoms with Gasteiger partial charge in [0.15, 0.2) is 5.82 Å². The number of nitrogens with zero attached hydrogens (tertiary/aromatic N) is 5. The van der Waals surface area contributed by atoms with Gasteiger partial charge < -0.3 is 8.94 Å². The van der Waals surface area contributed by atoms with Gasteiger partial charge in [-0.3, -0.25) is 9.80 Å². The van der Waals surface area contributed by atoms with Gasteiger partial charge in [-0.2, -0.15) is 4.98 Å². The van der Waals surface area contributed by atoms with Gasteiger partial charge >= 0.3 is 0 Å². The van der Waals surface area contributed by atoms with Crippen molar-refractivity contribution in [2.45, 2.75) is 52.1 Å². The number of rotatable bonds is 5. The molecule has 0 amide bonds. The molecule has 7 nitrogen and oxygen atoms in total. The van der Waals surface area contributed by atoms with Gasteiger partial charge in [-0.15, -0.1) is 0 Å². The molecule has 1 aliphatic carbocycles. The normalized spacial score (nSPS) is 21.3. The zero-order chi connectivity index (χ0) is 16.7. The second-order valence-electron chi connectivity index (χ2n) is 7.00. The van der Waals surface area contributed by atoms with Gasteiger partial charge in [0.05, 0.1) is 18.3 Å². The van der Waals surface area contributed by atoms with E-state index in [0.717, 1.165) is 61.8 Å². The molecule has 7 heteroatoms. The molecule has 130 valence electrons. The second kappa shape index (κ2) is 6.29. The van der Waals surface area contributed by atoms with Crippen molar-refractivity contribution in [2.24, 2.45) is 0 Å². The van der Waals surface area contributed by atoms with E-state index >= 15 is 0 Å². The Labute approximate surface area is 142 Å². The molecule has 0 unspecified atom stereocenters. The Morgan fingerprint density at radius 3 is 2.50 bits per heavy atom. The number of oxazole rings is 1. The molecule has 0 N–H and O–H groups in total. The molecule has 1 atom stereocenters. The summed E-state index contributed by atoms with van der Waals surface area (Å²) in [5.74, 6) is 3.92. The van der Waals surface area contributed by atoms with Crippen LogP contribution in [0.25, 0.3) is 0 Å². The Kier molecular flexibility index (Phi) is 4.14. The van der Waals surface area contributed by atoms with Crippen molar-refractivity contribution in [1.29, 1.82) is 0 Å². The fourth-order valence-corrected chi connectivity index (χ4v) is 3.19. The minimum Gasteiger partial charge on any atom is -0.444 e. The van der Waals surface area contributed by atoms with Crippen LogP contribution >= 0.6 is 0 Å². The maximum Gasteiger partial charge on any atom is 0.243 e. The predicted octanol–water partition coefficient (Wildman–Crippen LogP) is 2.43. The summed E-state index contributed by atoms with van der Waals surface area (Å²) in [6, 6.07) is 0.179. The highest BCUT2D eigenvalue weighted by Crippen LogP contribution is 2.38. The lowest BCUT2D eigenvalue weighted by Crippen LogP contribution is -2.46. The number of aromatic nitrogens is 3. The van der Waals surface area contributed by atoms with Gasteiger partial charge in [0.1, 0.15) is 5.76 Å². The quantitative estimate of drug-likeness (QED) is 0.833. The molecule has 0 aromatic carbocycles. The molecule has 24 heavy (non-hydrogen) atoms. The third-order valence-electron chi connectivity index (χ3n) is 5.14. The molecule has 4 rings (SSSR count). The zero-order valence-electron chi connectivity index (χ0n) is 14.7. The van der Waals surface area contributed by atoms with Crippen LogP contribution in [0.4, 0.5) is 0 Å². The van der Waals surface area contributed by atoms with E-state index in [-0.39, 0.29) is 6.04 Å². The van der Waals surface area contributed by atoms with E-state index < -0.39 is 0 Å². The first-order chi connectivity index (χ1) is 11.6. The first-order valence-corrected chi connectivity index (χ1v) is 8.83. The Hall–Kier alpha value is -1.73. The minimum atomic E-state index is 0.179. The smallest absolute Gasteiger partial charge is 0.243 e. The van der Waals surface area contributed by atoms with Crippen molar-refractivity contribution >= 4 is 0 Å². The summed E-state index contributed by atoms with van der Waals surface area (Å²) in [5.41, 5.74) is 0.986. The van der Waals surface area contributed by atoms with Gasteiger partial charge in [0, 0.05) is 32.1 Å². The first-order valence-electron chi connectivity index (χ1n) is 8.83. The van der Waals surface area contributed by atoms with Crippen molar-refractivity contribution < 1.29 is 8.94 Å². The van der Waals surface area contributed by atoms with Crippen LogP contribution in [0, 0.1) is 13.8 Å². The minimum absolute atomic E-state index is 0.179. The first kappa shape index (κ1) is 15.8. The molecule has 2 fully saturated rings. The summed E-state index contributed by atoms with van der Waals surface area (Å²) in [7, 11) is 0. The third-order valence-corrected chi connectivity index (χ3v) is 5.14. The molecule has 0 radical (unpaired) electrons. The lowest BCUT2D eigenvalue weighted by Gasteiger charge is -2.36. The number of hydrogen-bond acceptors (Lipinski definition) is 7. The average molecular weight is 331 g/mol. The highest BCUT2D eigenvalue weighted by molar-refractivity contribution is 5.06. The molecule has 1 aliphatic heterocycles. The summed E-state index contributed by atoms with van der Waals surface area (Å²) in [5, 5.41) is 4.13. The monoisotopic (exact) mass is 331 g/mol. The Morgan fingerprint density at radius 1 is 1.12 bits per heavy atom. The zero-order valence-corrected chi connectivity index (χ0v) is 14.7. The van der Waals surface area contributed by atoms with Gasteiger partial charge in [0.25, 0.3) is 0 Å². The van der Waals surface area contributed by atoms with Gasteiger partial charge in [-0.05, 0) is 33.6 Å². The summed E-state index contributed by atoms with van der Waals surface area (Å²) in [6.07, 6.45) is 2.40. The molecule has 2 aliphatic rings. The van der Waals surface area contributed by atoms with Crippen LogP contribution in [0.1, 0.15) is 60.8 Å². The maximum absolute atomic E-state index is 5.69. The Balaban J connectivity index is 1.31. The van der Waals surface area contributed by atoms with E-state index in [0.29, 0.717) is 5.92 Å². The maximum atomic E-state index is 5.69. The average Bonchev–Trinajstić information content (AvgIpc) is 3.22. The largest absolute Gasteiger partial charge is 0.444 e. The lowest BCUT2D eigenvalue weighted by molar-refractivity contribution is 0.0796. The van der Waals surface area contributed by atoms with Crippen molar-refractivity contribution in [1.82, 2.24) is 24.9 Å². The SMILES string of the molecule is Cc1nc(CN2CCN([C@@H](C)c3nc(C4CC4)no3)CC2)oc1C. The molecule has 0 bridgehead atoms. The highest BCUT2D eigenvalue weighted by atomic mass is 16.5. The topological polar surface area (TPSA) is 71.4 Å².